The lowest BCUT2D eigenvalue weighted by atomic mass is 10.3. The van der Waals surface area contributed by atoms with Crippen LogP contribution in [0.3, 0.4) is 0 Å². The number of nitrogens with one attached hydrogen (secondary N) is 2. The van der Waals surface area contributed by atoms with Crippen molar-refractivity contribution in [3.05, 3.63) is 71.7 Å². The molecule has 0 amide bonds. The van der Waals surface area contributed by atoms with E-state index in [1.54, 1.807) is 0 Å². The molecular weight excluding hydrogens is 507 g/mol. The van der Waals surface area contributed by atoms with Crippen LogP contribution in [0.4, 0.5) is 0 Å². The Morgan fingerprint density at radius 2 is 1.90 bits per heavy atom. The van der Waals surface area contributed by atoms with Gasteiger partial charge in [-0.2, -0.15) is 5.10 Å². The summed E-state index contributed by atoms with van der Waals surface area (Å²) in [5, 5.41) is 11.2. The minimum absolute atomic E-state index is 0. The van der Waals surface area contributed by atoms with E-state index in [9.17, 15) is 0 Å². The van der Waals surface area contributed by atoms with Crippen LogP contribution in [0.5, 0.6) is 0 Å². The zero-order chi connectivity index (χ0) is 20.5. The van der Waals surface area contributed by atoms with Crippen LogP contribution in [0.15, 0.2) is 64.6 Å². The first-order chi connectivity index (χ1) is 14.2. The summed E-state index contributed by atoms with van der Waals surface area (Å²) in [6, 6.07) is 16.5. The van der Waals surface area contributed by atoms with Crippen molar-refractivity contribution in [3.63, 3.8) is 0 Å². The molecule has 0 saturated carbocycles. The topological polar surface area (TPSA) is 67.1 Å². The van der Waals surface area contributed by atoms with Crippen molar-refractivity contribution in [3.8, 4) is 5.82 Å². The Labute approximate surface area is 200 Å². The molecule has 8 heteroatoms. The van der Waals surface area contributed by atoms with Crippen LogP contribution in [0.2, 0.25) is 0 Å². The van der Waals surface area contributed by atoms with Gasteiger partial charge in [0.1, 0.15) is 0 Å². The van der Waals surface area contributed by atoms with Gasteiger partial charge in [0.2, 0.25) is 0 Å². The summed E-state index contributed by atoms with van der Waals surface area (Å²) in [6.45, 7) is 8.34. The number of benzene rings is 1. The Bertz CT molecular complexity index is 925. The smallest absolute Gasteiger partial charge is 0.191 e. The highest BCUT2D eigenvalue weighted by Crippen LogP contribution is 2.15. The maximum atomic E-state index is 4.68. The van der Waals surface area contributed by atoms with Gasteiger partial charge < -0.3 is 10.6 Å². The maximum Gasteiger partial charge on any atom is 0.191 e. The number of hydrogen-bond donors (Lipinski definition) is 2. The SMILES string of the molecule is CCNC(=NCc1ccc(-n2nc(C)cc2C)nc1)NCCSc1ccccc1.I. The molecule has 0 spiro atoms. The Kier molecular flexibility index (Phi) is 10.2. The average Bonchev–Trinajstić information content (AvgIpc) is 3.08. The number of guanidine groups is 1. The fourth-order valence-electron chi connectivity index (χ4n) is 2.86. The molecule has 0 fully saturated rings. The van der Waals surface area contributed by atoms with E-state index in [-0.39, 0.29) is 24.0 Å². The first-order valence-electron chi connectivity index (χ1n) is 9.84. The number of pyridine rings is 1. The minimum atomic E-state index is 0. The van der Waals surface area contributed by atoms with Gasteiger partial charge in [-0.05, 0) is 50.6 Å². The zero-order valence-corrected chi connectivity index (χ0v) is 20.8. The number of aromatic nitrogens is 3. The first kappa shape index (κ1) is 24.2. The van der Waals surface area contributed by atoms with Crippen molar-refractivity contribution in [1.82, 2.24) is 25.4 Å². The molecule has 0 atom stereocenters. The van der Waals surface area contributed by atoms with Crippen LogP contribution < -0.4 is 10.6 Å². The van der Waals surface area contributed by atoms with E-state index >= 15 is 0 Å². The lowest BCUT2D eigenvalue weighted by Gasteiger charge is -2.11. The van der Waals surface area contributed by atoms with Crippen molar-refractivity contribution < 1.29 is 0 Å². The summed E-state index contributed by atoms with van der Waals surface area (Å²) in [5.74, 6) is 2.63. The molecule has 0 bridgehead atoms. The standard InChI is InChI=1S/C22H28N6S.HI/c1-4-23-22(24-12-13-29-20-8-6-5-7-9-20)26-16-19-10-11-21(25-15-19)28-18(3)14-17(2)27-28;/h5-11,14-15H,4,12-13,16H2,1-3H3,(H2,23,24,26);1H. The summed E-state index contributed by atoms with van der Waals surface area (Å²) in [5.41, 5.74) is 3.13. The highest BCUT2D eigenvalue weighted by molar-refractivity contribution is 14.0. The number of hydrogen-bond acceptors (Lipinski definition) is 4. The van der Waals surface area contributed by atoms with Crippen molar-refractivity contribution in [2.75, 3.05) is 18.8 Å². The normalized spacial score (nSPS) is 11.1. The molecule has 0 radical (unpaired) electrons. The predicted molar refractivity (Wildman–Crippen MR) is 136 cm³/mol. The third kappa shape index (κ3) is 7.32. The van der Waals surface area contributed by atoms with Gasteiger partial charge in [-0.25, -0.2) is 14.7 Å². The van der Waals surface area contributed by atoms with Gasteiger partial charge in [0, 0.05) is 35.6 Å². The molecule has 6 nitrogen and oxygen atoms in total. The van der Waals surface area contributed by atoms with Crippen LogP contribution >= 0.6 is 35.7 Å². The Morgan fingerprint density at radius 1 is 1.10 bits per heavy atom. The third-order valence-corrected chi connectivity index (χ3v) is 5.22. The number of aliphatic imine (C=N–C) groups is 1. The lowest BCUT2D eigenvalue weighted by Crippen LogP contribution is -2.38. The average molecular weight is 536 g/mol. The Morgan fingerprint density at radius 3 is 2.53 bits per heavy atom. The molecule has 30 heavy (non-hydrogen) atoms. The summed E-state index contributed by atoms with van der Waals surface area (Å²) < 4.78 is 1.86. The second-order valence-electron chi connectivity index (χ2n) is 6.65. The maximum absolute atomic E-state index is 4.68. The molecule has 2 aromatic heterocycles. The molecule has 2 heterocycles. The number of halogens is 1. The number of thioether (sulfide) groups is 1. The van der Waals surface area contributed by atoms with Gasteiger partial charge in [0.15, 0.2) is 11.8 Å². The lowest BCUT2D eigenvalue weighted by molar-refractivity contribution is 0.802. The highest BCUT2D eigenvalue weighted by Gasteiger charge is 2.05. The summed E-state index contributed by atoms with van der Waals surface area (Å²) in [7, 11) is 0. The van der Waals surface area contributed by atoms with Gasteiger partial charge in [-0.1, -0.05) is 24.3 Å². The molecule has 3 rings (SSSR count). The van der Waals surface area contributed by atoms with Crippen molar-refractivity contribution in [2.24, 2.45) is 4.99 Å². The number of aryl methyl sites for hydroxylation is 2. The largest absolute Gasteiger partial charge is 0.357 e. The minimum Gasteiger partial charge on any atom is -0.357 e. The molecular formula is C22H29IN6S. The van der Waals surface area contributed by atoms with E-state index in [0.29, 0.717) is 6.54 Å². The van der Waals surface area contributed by atoms with E-state index in [1.807, 2.05) is 54.7 Å². The monoisotopic (exact) mass is 536 g/mol. The molecule has 0 aliphatic rings. The molecule has 0 saturated heterocycles. The second-order valence-corrected chi connectivity index (χ2v) is 7.82. The fraction of sp³-hybridized carbons (Fsp3) is 0.318. The summed E-state index contributed by atoms with van der Waals surface area (Å²) in [4.78, 5) is 10.5. The van der Waals surface area contributed by atoms with Crippen LogP contribution in [0, 0.1) is 13.8 Å². The van der Waals surface area contributed by atoms with Gasteiger partial charge in [-0.3, -0.25) is 0 Å². The van der Waals surface area contributed by atoms with Crippen LogP contribution in [-0.4, -0.2) is 39.6 Å². The van der Waals surface area contributed by atoms with Crippen molar-refractivity contribution in [1.29, 1.82) is 0 Å². The van der Waals surface area contributed by atoms with Crippen LogP contribution in [0.25, 0.3) is 5.82 Å². The molecule has 2 N–H and O–H groups in total. The van der Waals surface area contributed by atoms with E-state index in [1.165, 1.54) is 4.90 Å². The first-order valence-corrected chi connectivity index (χ1v) is 10.8. The highest BCUT2D eigenvalue weighted by atomic mass is 127. The zero-order valence-electron chi connectivity index (χ0n) is 17.6. The van der Waals surface area contributed by atoms with Crippen LogP contribution in [-0.2, 0) is 6.54 Å². The summed E-state index contributed by atoms with van der Waals surface area (Å²) >= 11 is 1.83. The van der Waals surface area contributed by atoms with E-state index < -0.39 is 0 Å². The molecule has 1 aromatic carbocycles. The van der Waals surface area contributed by atoms with Gasteiger partial charge in [0.25, 0.3) is 0 Å². The predicted octanol–water partition coefficient (Wildman–Crippen LogP) is 4.35. The summed E-state index contributed by atoms with van der Waals surface area (Å²) in [6.07, 6.45) is 1.87. The third-order valence-electron chi connectivity index (χ3n) is 4.21. The number of rotatable bonds is 8. The Hall–Kier alpha value is -2.07. The fourth-order valence-corrected chi connectivity index (χ4v) is 3.65. The van der Waals surface area contributed by atoms with Crippen LogP contribution in [0.1, 0.15) is 23.9 Å². The molecule has 0 unspecified atom stereocenters. The quantitative estimate of drug-likeness (QED) is 0.147. The second kappa shape index (κ2) is 12.6. The van der Waals surface area contributed by atoms with Crippen molar-refractivity contribution >= 4 is 41.7 Å². The molecule has 3 aromatic rings. The Balaban J connectivity index is 0.00000320. The van der Waals surface area contributed by atoms with E-state index in [2.05, 4.69) is 63.0 Å². The van der Waals surface area contributed by atoms with Gasteiger partial charge >= 0.3 is 0 Å². The molecule has 160 valence electrons. The van der Waals surface area contributed by atoms with Gasteiger partial charge in [0.05, 0.1) is 12.2 Å². The molecule has 0 aliphatic carbocycles. The van der Waals surface area contributed by atoms with E-state index in [4.69, 9.17) is 0 Å². The number of nitrogens with zero attached hydrogens (tertiary/aromatic N) is 4. The molecule has 0 aliphatic heterocycles. The van der Waals surface area contributed by atoms with Crippen molar-refractivity contribution in [2.45, 2.75) is 32.2 Å². The van der Waals surface area contributed by atoms with E-state index in [0.717, 1.165) is 47.6 Å². The van der Waals surface area contributed by atoms with Gasteiger partial charge in [-0.15, -0.1) is 35.7 Å².